The number of hydrogen-bond donors (Lipinski definition) is 1. The number of carboxylic acid groups (broad SMARTS) is 1. The van der Waals surface area contributed by atoms with Gasteiger partial charge in [-0.3, -0.25) is 0 Å². The second kappa shape index (κ2) is 9.08. The molecule has 5 nitrogen and oxygen atoms in total. The molecule has 0 aliphatic rings. The number of ether oxygens (including phenoxy) is 2. The molecule has 1 heterocycles. The monoisotopic (exact) mass is 448 g/mol. The largest absolute Gasteiger partial charge is 0.489 e. The minimum Gasteiger partial charge on any atom is -0.489 e. The van der Waals surface area contributed by atoms with E-state index in [4.69, 9.17) is 19.0 Å². The molecular formula is C24H23F3O5. The van der Waals surface area contributed by atoms with Gasteiger partial charge in [-0.05, 0) is 56.7 Å². The third kappa shape index (κ3) is 5.70. The molecule has 0 unspecified atom stereocenters. The molecule has 0 saturated carbocycles. The molecule has 0 spiro atoms. The molecule has 0 atom stereocenters. The Morgan fingerprint density at radius 2 is 1.72 bits per heavy atom. The summed E-state index contributed by atoms with van der Waals surface area (Å²) in [6, 6.07) is 13.6. The molecule has 2 aromatic carbocycles. The fraction of sp³-hybridized carbons (Fsp3) is 0.292. The van der Waals surface area contributed by atoms with Crippen molar-refractivity contribution in [2.24, 2.45) is 0 Å². The first-order valence-electron chi connectivity index (χ1n) is 9.82. The first kappa shape index (κ1) is 23.4. The van der Waals surface area contributed by atoms with E-state index in [2.05, 4.69) is 0 Å². The van der Waals surface area contributed by atoms with Crippen molar-refractivity contribution in [3.63, 3.8) is 0 Å². The Bertz CT molecular complexity index is 1080. The highest BCUT2D eigenvalue weighted by molar-refractivity contribution is 5.76. The van der Waals surface area contributed by atoms with Gasteiger partial charge >= 0.3 is 12.1 Å². The Kier molecular flexibility index (Phi) is 6.64. The van der Waals surface area contributed by atoms with Gasteiger partial charge in [0.25, 0.3) is 0 Å². The Labute approximate surface area is 183 Å². The number of aryl methyl sites for hydroxylation is 1. The van der Waals surface area contributed by atoms with Crippen LogP contribution in [0.4, 0.5) is 13.2 Å². The van der Waals surface area contributed by atoms with Crippen molar-refractivity contribution in [3.8, 4) is 17.1 Å². The van der Waals surface area contributed by atoms with E-state index in [-0.39, 0.29) is 13.2 Å². The topological polar surface area (TPSA) is 68.9 Å². The van der Waals surface area contributed by atoms with Crippen LogP contribution in [-0.4, -0.2) is 16.7 Å². The van der Waals surface area contributed by atoms with Gasteiger partial charge in [0.1, 0.15) is 23.9 Å². The summed E-state index contributed by atoms with van der Waals surface area (Å²) >= 11 is 0. The molecule has 0 saturated heterocycles. The van der Waals surface area contributed by atoms with E-state index in [9.17, 15) is 18.0 Å². The molecule has 0 fully saturated rings. The standard InChI is InChI=1S/C24H23F3O5/c1-15-18(12-21(32-15)17-7-9-19(10-8-17)24(25,26)27)14-30-20-6-4-5-16(11-20)13-31-23(2,3)22(28)29/h4-12H,13-14H2,1-3H3,(H,28,29). The number of hydrogen-bond acceptors (Lipinski definition) is 4. The van der Waals surface area contributed by atoms with E-state index in [1.165, 1.54) is 26.0 Å². The van der Waals surface area contributed by atoms with Crippen LogP contribution >= 0.6 is 0 Å². The van der Waals surface area contributed by atoms with Crippen molar-refractivity contribution in [1.29, 1.82) is 0 Å². The average Bonchev–Trinajstić information content (AvgIpc) is 3.11. The lowest BCUT2D eigenvalue weighted by molar-refractivity contribution is -0.162. The molecule has 8 heteroatoms. The van der Waals surface area contributed by atoms with Crippen molar-refractivity contribution in [3.05, 3.63) is 77.0 Å². The normalized spacial score (nSPS) is 12.1. The van der Waals surface area contributed by atoms with Gasteiger partial charge in [-0.1, -0.05) is 24.3 Å². The maximum Gasteiger partial charge on any atom is 0.416 e. The van der Waals surface area contributed by atoms with Crippen molar-refractivity contribution in [2.45, 2.75) is 45.8 Å². The highest BCUT2D eigenvalue weighted by Crippen LogP contribution is 2.32. The lowest BCUT2D eigenvalue weighted by Gasteiger charge is -2.20. The van der Waals surface area contributed by atoms with Gasteiger partial charge in [-0.15, -0.1) is 0 Å². The second-order valence-electron chi connectivity index (χ2n) is 7.81. The van der Waals surface area contributed by atoms with Crippen LogP contribution in [0.2, 0.25) is 0 Å². The SMILES string of the molecule is Cc1oc(-c2ccc(C(F)(F)F)cc2)cc1COc1cccc(COC(C)(C)C(=O)O)c1. The van der Waals surface area contributed by atoms with Crippen LogP contribution < -0.4 is 4.74 Å². The zero-order valence-electron chi connectivity index (χ0n) is 17.8. The van der Waals surface area contributed by atoms with E-state index in [0.29, 0.717) is 22.8 Å². The van der Waals surface area contributed by atoms with Crippen molar-refractivity contribution < 1.29 is 37.0 Å². The Morgan fingerprint density at radius 3 is 2.34 bits per heavy atom. The van der Waals surface area contributed by atoms with E-state index in [0.717, 1.165) is 23.3 Å². The van der Waals surface area contributed by atoms with Crippen LogP contribution in [0.3, 0.4) is 0 Å². The predicted molar refractivity (Wildman–Crippen MR) is 111 cm³/mol. The zero-order valence-corrected chi connectivity index (χ0v) is 17.8. The van der Waals surface area contributed by atoms with Gasteiger partial charge < -0.3 is 19.0 Å². The van der Waals surface area contributed by atoms with Crippen LogP contribution in [0.15, 0.2) is 59.0 Å². The summed E-state index contributed by atoms with van der Waals surface area (Å²) in [5.41, 5.74) is 0.0235. The highest BCUT2D eigenvalue weighted by atomic mass is 19.4. The van der Waals surface area contributed by atoms with Crippen molar-refractivity contribution in [1.82, 2.24) is 0 Å². The van der Waals surface area contributed by atoms with Crippen molar-refractivity contribution >= 4 is 5.97 Å². The summed E-state index contributed by atoms with van der Waals surface area (Å²) in [5, 5.41) is 9.14. The molecule has 0 aliphatic carbocycles. The number of furan rings is 1. The molecule has 3 aromatic rings. The maximum atomic E-state index is 12.7. The number of carboxylic acids is 1. The van der Waals surface area contributed by atoms with E-state index >= 15 is 0 Å². The Morgan fingerprint density at radius 1 is 1.03 bits per heavy atom. The number of rotatable bonds is 8. The maximum absolute atomic E-state index is 12.7. The molecule has 0 aliphatic heterocycles. The summed E-state index contributed by atoms with van der Waals surface area (Å²) in [6.45, 7) is 5.02. The summed E-state index contributed by atoms with van der Waals surface area (Å²) in [4.78, 5) is 11.2. The smallest absolute Gasteiger partial charge is 0.416 e. The highest BCUT2D eigenvalue weighted by Gasteiger charge is 2.30. The fourth-order valence-electron chi connectivity index (χ4n) is 2.84. The molecule has 0 radical (unpaired) electrons. The van der Waals surface area contributed by atoms with Gasteiger partial charge in [0, 0.05) is 11.1 Å². The second-order valence-corrected chi connectivity index (χ2v) is 7.81. The molecule has 32 heavy (non-hydrogen) atoms. The third-order valence-electron chi connectivity index (χ3n) is 4.92. The van der Waals surface area contributed by atoms with E-state index in [1.54, 1.807) is 37.3 Å². The number of carbonyl (C=O) groups is 1. The van der Waals surface area contributed by atoms with Gasteiger partial charge in [0.2, 0.25) is 0 Å². The molecule has 0 bridgehead atoms. The van der Waals surface area contributed by atoms with Crippen molar-refractivity contribution in [2.75, 3.05) is 0 Å². The van der Waals surface area contributed by atoms with Crippen LogP contribution in [0.5, 0.6) is 5.75 Å². The van der Waals surface area contributed by atoms with Crippen LogP contribution in [0.25, 0.3) is 11.3 Å². The molecule has 1 aromatic heterocycles. The zero-order chi connectivity index (χ0) is 23.5. The van der Waals surface area contributed by atoms with Crippen LogP contribution in [0.1, 0.15) is 36.3 Å². The van der Waals surface area contributed by atoms with Gasteiger partial charge in [0.15, 0.2) is 5.60 Å². The van der Waals surface area contributed by atoms with Gasteiger partial charge in [-0.2, -0.15) is 13.2 Å². The van der Waals surface area contributed by atoms with Crippen LogP contribution in [-0.2, 0) is 28.9 Å². The molecule has 3 rings (SSSR count). The number of halogens is 3. The summed E-state index contributed by atoms with van der Waals surface area (Å²) < 4.78 is 55.2. The van der Waals surface area contributed by atoms with Crippen LogP contribution in [0, 0.1) is 6.92 Å². The quantitative estimate of drug-likeness (QED) is 0.442. The van der Waals surface area contributed by atoms with E-state index < -0.39 is 23.3 Å². The molecule has 1 N–H and O–H groups in total. The van der Waals surface area contributed by atoms with Gasteiger partial charge in [0.05, 0.1) is 12.2 Å². The minimum atomic E-state index is -4.39. The summed E-state index contributed by atoms with van der Waals surface area (Å²) in [5.74, 6) is 0.565. The lowest BCUT2D eigenvalue weighted by Crippen LogP contribution is -2.34. The fourth-order valence-corrected chi connectivity index (χ4v) is 2.84. The predicted octanol–water partition coefficient (Wildman–Crippen LogP) is 6.23. The number of aliphatic carboxylic acids is 1. The number of benzene rings is 2. The third-order valence-corrected chi connectivity index (χ3v) is 4.92. The lowest BCUT2D eigenvalue weighted by atomic mass is 10.1. The number of alkyl halides is 3. The first-order chi connectivity index (χ1) is 15.0. The summed E-state index contributed by atoms with van der Waals surface area (Å²) in [6.07, 6.45) is -4.39. The van der Waals surface area contributed by atoms with Gasteiger partial charge in [-0.25, -0.2) is 4.79 Å². The van der Waals surface area contributed by atoms with E-state index in [1.807, 2.05) is 0 Å². The molecular weight excluding hydrogens is 425 g/mol. The summed E-state index contributed by atoms with van der Waals surface area (Å²) in [7, 11) is 0. The minimum absolute atomic E-state index is 0.110. The molecule has 0 amide bonds. The Balaban J connectivity index is 1.66. The first-order valence-corrected chi connectivity index (χ1v) is 9.82. The average molecular weight is 448 g/mol. The Hall–Kier alpha value is -3.26. The molecule has 170 valence electrons.